The highest BCUT2D eigenvalue weighted by molar-refractivity contribution is 9.10. The molecule has 4 rings (SSSR count). The zero-order chi connectivity index (χ0) is 18.8. The fourth-order valence-corrected chi connectivity index (χ4v) is 3.90. The molecule has 0 radical (unpaired) electrons. The number of para-hydroxylation sites is 1. The Balaban J connectivity index is 1.48. The van der Waals surface area contributed by atoms with E-state index < -0.39 is 0 Å². The Hall–Kier alpha value is -2.60. The molecule has 1 saturated heterocycles. The van der Waals surface area contributed by atoms with Crippen LogP contribution in [0.3, 0.4) is 0 Å². The Kier molecular flexibility index (Phi) is 4.99. The Morgan fingerprint density at radius 2 is 2.04 bits per heavy atom. The number of fused-ring (bicyclic) bond motifs is 1. The van der Waals surface area contributed by atoms with E-state index in [0.29, 0.717) is 6.54 Å². The SMILES string of the molecule is COc1ccc(CN2CCC(Nc3ccnc4c(Br)cccc34)C2=O)cc1. The molecule has 0 bridgehead atoms. The molecule has 1 atom stereocenters. The Morgan fingerprint density at radius 3 is 2.81 bits per heavy atom. The molecule has 0 aliphatic carbocycles. The molecule has 1 unspecified atom stereocenters. The predicted molar refractivity (Wildman–Crippen MR) is 110 cm³/mol. The van der Waals surface area contributed by atoms with E-state index in [1.807, 2.05) is 53.4 Å². The maximum Gasteiger partial charge on any atom is 0.245 e. The van der Waals surface area contributed by atoms with E-state index >= 15 is 0 Å². The molecule has 1 aromatic heterocycles. The van der Waals surface area contributed by atoms with Crippen LogP contribution in [0.1, 0.15) is 12.0 Å². The molecule has 1 N–H and O–H groups in total. The van der Waals surface area contributed by atoms with Crippen molar-refractivity contribution in [2.45, 2.75) is 19.0 Å². The minimum absolute atomic E-state index is 0.130. The predicted octanol–water partition coefficient (Wildman–Crippen LogP) is 4.22. The number of ether oxygens (including phenoxy) is 1. The summed E-state index contributed by atoms with van der Waals surface area (Å²) in [6, 6.07) is 15.5. The van der Waals surface area contributed by atoms with Crippen LogP contribution in [0.2, 0.25) is 0 Å². The number of hydrogen-bond donors (Lipinski definition) is 1. The first kappa shape index (κ1) is 17.8. The smallest absolute Gasteiger partial charge is 0.245 e. The molecule has 5 nitrogen and oxygen atoms in total. The van der Waals surface area contributed by atoms with Crippen LogP contribution in [0.15, 0.2) is 59.2 Å². The summed E-state index contributed by atoms with van der Waals surface area (Å²) in [7, 11) is 1.65. The molecular weight excluding hydrogens is 406 g/mol. The lowest BCUT2D eigenvalue weighted by atomic mass is 10.1. The van der Waals surface area contributed by atoms with Crippen molar-refractivity contribution in [2.75, 3.05) is 19.0 Å². The summed E-state index contributed by atoms with van der Waals surface area (Å²) in [5.74, 6) is 0.951. The number of amides is 1. The van der Waals surface area contributed by atoms with Gasteiger partial charge in [0, 0.05) is 34.8 Å². The summed E-state index contributed by atoms with van der Waals surface area (Å²) in [6.07, 6.45) is 2.55. The molecule has 3 aromatic rings. The Bertz CT molecular complexity index is 975. The average molecular weight is 426 g/mol. The van der Waals surface area contributed by atoms with E-state index in [1.54, 1.807) is 13.3 Å². The zero-order valence-corrected chi connectivity index (χ0v) is 16.6. The second-order valence-corrected chi connectivity index (χ2v) is 7.44. The van der Waals surface area contributed by atoms with Gasteiger partial charge in [0.1, 0.15) is 11.8 Å². The van der Waals surface area contributed by atoms with Gasteiger partial charge >= 0.3 is 0 Å². The second-order valence-electron chi connectivity index (χ2n) is 6.59. The minimum Gasteiger partial charge on any atom is -0.497 e. The fraction of sp³-hybridized carbons (Fsp3) is 0.238. The molecule has 2 aromatic carbocycles. The third kappa shape index (κ3) is 3.62. The third-order valence-corrected chi connectivity index (χ3v) is 5.52. The number of hydrogen-bond acceptors (Lipinski definition) is 4. The molecule has 2 heterocycles. The van der Waals surface area contributed by atoms with Crippen LogP contribution < -0.4 is 10.1 Å². The number of nitrogens with zero attached hydrogens (tertiary/aromatic N) is 2. The summed E-state index contributed by atoms with van der Waals surface area (Å²) in [4.78, 5) is 19.2. The maximum atomic E-state index is 12.9. The van der Waals surface area contributed by atoms with Crippen molar-refractivity contribution < 1.29 is 9.53 Å². The monoisotopic (exact) mass is 425 g/mol. The summed E-state index contributed by atoms with van der Waals surface area (Å²) in [6.45, 7) is 1.36. The van der Waals surface area contributed by atoms with Crippen LogP contribution in [0.5, 0.6) is 5.75 Å². The Morgan fingerprint density at radius 1 is 1.22 bits per heavy atom. The molecule has 138 valence electrons. The number of carbonyl (C=O) groups excluding carboxylic acids is 1. The summed E-state index contributed by atoms with van der Waals surface area (Å²) < 4.78 is 6.14. The summed E-state index contributed by atoms with van der Waals surface area (Å²) in [5, 5.41) is 4.43. The largest absolute Gasteiger partial charge is 0.497 e. The molecule has 0 spiro atoms. The first-order valence-corrected chi connectivity index (χ1v) is 9.66. The number of aromatic nitrogens is 1. The van der Waals surface area contributed by atoms with Crippen molar-refractivity contribution in [1.29, 1.82) is 0 Å². The van der Waals surface area contributed by atoms with E-state index in [2.05, 4.69) is 26.2 Å². The van der Waals surface area contributed by atoms with Crippen molar-refractivity contribution in [3.8, 4) is 5.75 Å². The van der Waals surface area contributed by atoms with Crippen molar-refractivity contribution in [3.05, 3.63) is 64.8 Å². The number of benzene rings is 2. The number of halogens is 1. The average Bonchev–Trinajstić information content (AvgIpc) is 3.03. The lowest BCUT2D eigenvalue weighted by Crippen LogP contribution is -2.33. The molecule has 27 heavy (non-hydrogen) atoms. The number of nitrogens with one attached hydrogen (secondary N) is 1. The van der Waals surface area contributed by atoms with E-state index in [1.165, 1.54) is 0 Å². The molecule has 0 saturated carbocycles. The van der Waals surface area contributed by atoms with Crippen LogP contribution >= 0.6 is 15.9 Å². The van der Waals surface area contributed by atoms with Gasteiger partial charge in [-0.25, -0.2) is 0 Å². The lowest BCUT2D eigenvalue weighted by molar-refractivity contribution is -0.128. The summed E-state index contributed by atoms with van der Waals surface area (Å²) >= 11 is 3.54. The fourth-order valence-electron chi connectivity index (χ4n) is 3.43. The highest BCUT2D eigenvalue weighted by atomic mass is 79.9. The minimum atomic E-state index is -0.215. The van der Waals surface area contributed by atoms with Gasteiger partial charge in [0.15, 0.2) is 0 Å². The van der Waals surface area contributed by atoms with Gasteiger partial charge in [0.2, 0.25) is 5.91 Å². The first-order chi connectivity index (χ1) is 13.2. The Labute approximate surface area is 166 Å². The van der Waals surface area contributed by atoms with E-state index in [9.17, 15) is 4.79 Å². The van der Waals surface area contributed by atoms with Gasteiger partial charge in [-0.3, -0.25) is 9.78 Å². The molecule has 1 fully saturated rings. The van der Waals surface area contributed by atoms with Gasteiger partial charge < -0.3 is 15.0 Å². The van der Waals surface area contributed by atoms with Crippen LogP contribution in [0.25, 0.3) is 10.9 Å². The molecule has 6 heteroatoms. The van der Waals surface area contributed by atoms with Crippen LogP contribution in [-0.4, -0.2) is 35.5 Å². The van der Waals surface area contributed by atoms with Gasteiger partial charge in [-0.05, 0) is 52.2 Å². The standard InChI is InChI=1S/C21H20BrN3O2/c1-27-15-7-5-14(6-8-15)13-25-12-10-19(21(25)26)24-18-9-11-23-20-16(18)3-2-4-17(20)22/h2-9,11,19H,10,12-13H2,1H3,(H,23,24). The van der Waals surface area contributed by atoms with Crippen molar-refractivity contribution in [1.82, 2.24) is 9.88 Å². The molecule has 1 amide bonds. The van der Waals surface area contributed by atoms with Crippen LogP contribution in [-0.2, 0) is 11.3 Å². The highest BCUT2D eigenvalue weighted by Gasteiger charge is 2.31. The van der Waals surface area contributed by atoms with Gasteiger partial charge in [0.05, 0.1) is 12.6 Å². The number of pyridine rings is 1. The van der Waals surface area contributed by atoms with E-state index in [4.69, 9.17) is 4.74 Å². The number of likely N-dealkylation sites (tertiary alicyclic amines) is 1. The van der Waals surface area contributed by atoms with Crippen molar-refractivity contribution in [3.63, 3.8) is 0 Å². The number of methoxy groups -OCH3 is 1. The van der Waals surface area contributed by atoms with Crippen LogP contribution in [0.4, 0.5) is 5.69 Å². The number of anilines is 1. The first-order valence-electron chi connectivity index (χ1n) is 8.87. The van der Waals surface area contributed by atoms with Crippen molar-refractivity contribution in [2.24, 2.45) is 0 Å². The van der Waals surface area contributed by atoms with Gasteiger partial charge in [-0.15, -0.1) is 0 Å². The van der Waals surface area contributed by atoms with Gasteiger partial charge in [-0.2, -0.15) is 0 Å². The number of rotatable bonds is 5. The summed E-state index contributed by atoms with van der Waals surface area (Å²) in [5.41, 5.74) is 2.93. The molecule has 1 aliphatic heterocycles. The normalized spacial score (nSPS) is 16.7. The maximum absolute atomic E-state index is 12.9. The van der Waals surface area contributed by atoms with E-state index in [0.717, 1.165) is 45.3 Å². The molecular formula is C21H20BrN3O2. The van der Waals surface area contributed by atoms with Crippen molar-refractivity contribution >= 4 is 38.4 Å². The third-order valence-electron chi connectivity index (χ3n) is 4.88. The number of carbonyl (C=O) groups is 1. The van der Waals surface area contributed by atoms with Crippen LogP contribution in [0, 0.1) is 0 Å². The topological polar surface area (TPSA) is 54.5 Å². The lowest BCUT2D eigenvalue weighted by Gasteiger charge is -2.18. The molecule has 1 aliphatic rings. The quantitative estimate of drug-likeness (QED) is 0.664. The van der Waals surface area contributed by atoms with E-state index in [-0.39, 0.29) is 11.9 Å². The highest BCUT2D eigenvalue weighted by Crippen LogP contribution is 2.29. The van der Waals surface area contributed by atoms with Gasteiger partial charge in [0.25, 0.3) is 0 Å². The zero-order valence-electron chi connectivity index (χ0n) is 15.0. The second kappa shape index (κ2) is 7.56. The van der Waals surface area contributed by atoms with Gasteiger partial charge in [-0.1, -0.05) is 24.3 Å².